The summed E-state index contributed by atoms with van der Waals surface area (Å²) >= 11 is 11.7. The second-order valence-corrected chi connectivity index (χ2v) is 6.42. The third-order valence-corrected chi connectivity index (χ3v) is 4.64. The lowest BCUT2D eigenvalue weighted by atomic mass is 10.2. The van der Waals surface area contributed by atoms with Gasteiger partial charge in [-0.15, -0.1) is 0 Å². The highest BCUT2D eigenvalue weighted by molar-refractivity contribution is 6.42. The van der Waals surface area contributed by atoms with Crippen molar-refractivity contribution in [2.75, 3.05) is 23.3 Å². The van der Waals surface area contributed by atoms with Crippen LogP contribution in [-0.2, 0) is 16.1 Å². The van der Waals surface area contributed by atoms with Crippen molar-refractivity contribution in [1.29, 1.82) is 0 Å². The smallest absolute Gasteiger partial charge is 0.313 e. The van der Waals surface area contributed by atoms with Crippen LogP contribution in [0.4, 0.5) is 11.4 Å². The molecule has 5 nitrogen and oxygen atoms in total. The van der Waals surface area contributed by atoms with E-state index in [-0.39, 0.29) is 6.54 Å². The lowest BCUT2D eigenvalue weighted by Crippen LogP contribution is -2.34. The van der Waals surface area contributed by atoms with Gasteiger partial charge in [0.15, 0.2) is 0 Å². The van der Waals surface area contributed by atoms with Gasteiger partial charge in [0.05, 0.1) is 10.0 Å². The van der Waals surface area contributed by atoms with Crippen LogP contribution in [0.3, 0.4) is 0 Å². The highest BCUT2D eigenvalue weighted by Gasteiger charge is 2.14. The number of carbonyl (C=O) groups is 2. The molecule has 7 heteroatoms. The first-order valence-electron chi connectivity index (χ1n) is 8.32. The molecule has 2 rings (SSSR count). The van der Waals surface area contributed by atoms with Crippen LogP contribution in [0.25, 0.3) is 0 Å². The quantitative estimate of drug-likeness (QED) is 0.726. The molecule has 0 aliphatic heterocycles. The summed E-state index contributed by atoms with van der Waals surface area (Å²) in [6.45, 7) is 6.34. The van der Waals surface area contributed by atoms with Crippen LogP contribution in [-0.4, -0.2) is 24.9 Å². The second kappa shape index (κ2) is 9.46. The second-order valence-electron chi connectivity index (χ2n) is 5.60. The van der Waals surface area contributed by atoms with Crippen molar-refractivity contribution in [2.24, 2.45) is 0 Å². The largest absolute Gasteiger partial charge is 0.372 e. The Balaban J connectivity index is 1.89. The van der Waals surface area contributed by atoms with E-state index in [1.165, 1.54) is 6.07 Å². The maximum absolute atomic E-state index is 11.9. The van der Waals surface area contributed by atoms with Gasteiger partial charge in [0.2, 0.25) is 0 Å². The zero-order valence-corrected chi connectivity index (χ0v) is 16.2. The van der Waals surface area contributed by atoms with Crippen LogP contribution in [0.2, 0.25) is 10.0 Å². The molecule has 0 saturated carbocycles. The minimum Gasteiger partial charge on any atom is -0.372 e. The maximum atomic E-state index is 11.9. The molecule has 0 radical (unpaired) electrons. The molecular formula is C19H21Cl2N3O2. The Kier molecular flexibility index (Phi) is 7.30. The third kappa shape index (κ3) is 5.38. The van der Waals surface area contributed by atoms with Crippen molar-refractivity contribution in [3.05, 3.63) is 58.1 Å². The topological polar surface area (TPSA) is 61.4 Å². The van der Waals surface area contributed by atoms with Crippen molar-refractivity contribution in [3.63, 3.8) is 0 Å². The molecule has 0 aromatic heterocycles. The molecule has 2 aromatic rings. The lowest BCUT2D eigenvalue weighted by molar-refractivity contribution is -0.136. The maximum Gasteiger partial charge on any atom is 0.313 e. The number of halogens is 2. The monoisotopic (exact) mass is 393 g/mol. The number of nitrogens with zero attached hydrogens (tertiary/aromatic N) is 1. The summed E-state index contributed by atoms with van der Waals surface area (Å²) in [5.41, 5.74) is 2.45. The first-order chi connectivity index (χ1) is 12.4. The van der Waals surface area contributed by atoms with E-state index < -0.39 is 11.8 Å². The fraction of sp³-hybridized carbons (Fsp3) is 0.263. The van der Waals surface area contributed by atoms with Crippen LogP contribution in [0.5, 0.6) is 0 Å². The molecule has 2 N–H and O–H groups in total. The van der Waals surface area contributed by atoms with Crippen LogP contribution >= 0.6 is 23.2 Å². The average molecular weight is 394 g/mol. The zero-order chi connectivity index (χ0) is 19.1. The van der Waals surface area contributed by atoms with E-state index in [0.29, 0.717) is 15.7 Å². The number of rotatable bonds is 6. The molecular weight excluding hydrogens is 373 g/mol. The summed E-state index contributed by atoms with van der Waals surface area (Å²) in [5, 5.41) is 5.76. The molecule has 0 aliphatic carbocycles. The Morgan fingerprint density at radius 1 is 0.923 bits per heavy atom. The van der Waals surface area contributed by atoms with Crippen LogP contribution in [0, 0.1) is 0 Å². The van der Waals surface area contributed by atoms with Gasteiger partial charge in [-0.3, -0.25) is 9.59 Å². The van der Waals surface area contributed by atoms with E-state index in [2.05, 4.69) is 29.4 Å². The molecule has 26 heavy (non-hydrogen) atoms. The Labute approximate surface area is 163 Å². The number of hydrogen-bond donors (Lipinski definition) is 2. The first-order valence-corrected chi connectivity index (χ1v) is 9.08. The average Bonchev–Trinajstić information content (AvgIpc) is 2.64. The van der Waals surface area contributed by atoms with Crippen molar-refractivity contribution in [3.8, 4) is 0 Å². The number of amides is 2. The van der Waals surface area contributed by atoms with Gasteiger partial charge in [-0.1, -0.05) is 35.3 Å². The molecule has 138 valence electrons. The molecule has 0 aliphatic rings. The highest BCUT2D eigenvalue weighted by atomic mass is 35.5. The van der Waals surface area contributed by atoms with Gasteiger partial charge in [0, 0.05) is 31.0 Å². The summed E-state index contributed by atoms with van der Waals surface area (Å²) in [7, 11) is 0. The standard InChI is InChI=1S/C19H21Cl2N3O2/c1-3-24(4-2)15-8-5-13(6-9-15)12-22-18(25)19(26)23-14-7-10-16(20)17(21)11-14/h5-11H,3-4,12H2,1-2H3,(H,22,25)(H,23,26). The Morgan fingerprint density at radius 2 is 1.58 bits per heavy atom. The summed E-state index contributed by atoms with van der Waals surface area (Å²) in [5.74, 6) is -1.48. The van der Waals surface area contributed by atoms with Gasteiger partial charge < -0.3 is 15.5 Å². The fourth-order valence-corrected chi connectivity index (χ4v) is 2.74. The number of nitrogens with one attached hydrogen (secondary N) is 2. The van der Waals surface area contributed by atoms with E-state index in [0.717, 1.165) is 24.3 Å². The van der Waals surface area contributed by atoms with E-state index >= 15 is 0 Å². The molecule has 0 saturated heterocycles. The predicted molar refractivity (Wildman–Crippen MR) is 107 cm³/mol. The van der Waals surface area contributed by atoms with Crippen LogP contribution < -0.4 is 15.5 Å². The summed E-state index contributed by atoms with van der Waals surface area (Å²) in [6, 6.07) is 12.5. The van der Waals surface area contributed by atoms with Gasteiger partial charge >= 0.3 is 11.8 Å². The van der Waals surface area contributed by atoms with E-state index in [4.69, 9.17) is 23.2 Å². The molecule has 0 atom stereocenters. The molecule has 2 aromatic carbocycles. The van der Waals surface area contributed by atoms with Crippen molar-refractivity contribution in [1.82, 2.24) is 5.32 Å². The minimum atomic E-state index is -0.761. The molecule has 0 bridgehead atoms. The van der Waals surface area contributed by atoms with Gasteiger partial charge in [0.25, 0.3) is 0 Å². The number of carbonyl (C=O) groups excluding carboxylic acids is 2. The summed E-state index contributed by atoms with van der Waals surface area (Å²) < 4.78 is 0. The van der Waals surface area contributed by atoms with Gasteiger partial charge in [0.1, 0.15) is 0 Å². The molecule has 0 heterocycles. The number of benzene rings is 2. The lowest BCUT2D eigenvalue weighted by Gasteiger charge is -2.21. The van der Waals surface area contributed by atoms with Crippen LogP contribution in [0.1, 0.15) is 19.4 Å². The third-order valence-electron chi connectivity index (χ3n) is 3.90. The minimum absolute atomic E-state index is 0.270. The van der Waals surface area contributed by atoms with E-state index in [1.807, 2.05) is 24.3 Å². The van der Waals surface area contributed by atoms with E-state index in [1.54, 1.807) is 12.1 Å². The van der Waals surface area contributed by atoms with Gasteiger partial charge in [-0.25, -0.2) is 0 Å². The highest BCUT2D eigenvalue weighted by Crippen LogP contribution is 2.24. The molecule has 0 fully saturated rings. The molecule has 0 spiro atoms. The van der Waals surface area contributed by atoms with Crippen molar-refractivity contribution < 1.29 is 9.59 Å². The summed E-state index contributed by atoms with van der Waals surface area (Å²) in [4.78, 5) is 26.1. The fourth-order valence-electron chi connectivity index (χ4n) is 2.44. The predicted octanol–water partition coefficient (Wildman–Crippen LogP) is 4.09. The van der Waals surface area contributed by atoms with Gasteiger partial charge in [-0.05, 0) is 49.7 Å². The zero-order valence-electron chi connectivity index (χ0n) is 14.7. The Bertz CT molecular complexity index is 775. The normalized spacial score (nSPS) is 10.3. The van der Waals surface area contributed by atoms with E-state index in [9.17, 15) is 9.59 Å². The SMILES string of the molecule is CCN(CC)c1ccc(CNC(=O)C(=O)Nc2ccc(Cl)c(Cl)c2)cc1. The molecule has 2 amide bonds. The van der Waals surface area contributed by atoms with Crippen molar-refractivity contribution >= 4 is 46.4 Å². The first kappa shape index (κ1) is 20.1. The Morgan fingerprint density at radius 3 is 2.15 bits per heavy atom. The van der Waals surface area contributed by atoms with Crippen molar-refractivity contribution in [2.45, 2.75) is 20.4 Å². The number of anilines is 2. The molecule has 0 unspecified atom stereocenters. The summed E-state index contributed by atoms with van der Waals surface area (Å²) in [6.07, 6.45) is 0. The Hall–Kier alpha value is -2.24. The van der Waals surface area contributed by atoms with Gasteiger partial charge in [-0.2, -0.15) is 0 Å². The van der Waals surface area contributed by atoms with Crippen LogP contribution in [0.15, 0.2) is 42.5 Å². The number of hydrogen-bond acceptors (Lipinski definition) is 3.